The first-order chi connectivity index (χ1) is 10.0. The fraction of sp³-hybridized carbons (Fsp3) is 0.727. The van der Waals surface area contributed by atoms with Crippen molar-refractivity contribution < 1.29 is 33.8 Å². The van der Waals surface area contributed by atoms with Crippen LogP contribution in [-0.2, 0) is 23.9 Å². The molecule has 11 nitrogen and oxygen atoms in total. The summed E-state index contributed by atoms with van der Waals surface area (Å²) in [4.78, 5) is 48.5. The fourth-order valence-corrected chi connectivity index (χ4v) is 1.12. The largest absolute Gasteiger partial charge is 0.468 e. The van der Waals surface area contributed by atoms with E-state index < -0.39 is 47.9 Å². The Morgan fingerprint density at radius 3 is 2.32 bits per heavy atom. The smallest absolute Gasteiger partial charge is 0.408 e. The summed E-state index contributed by atoms with van der Waals surface area (Å²) in [5, 5.41) is 13.3. The maximum atomic E-state index is 11.8. The van der Waals surface area contributed by atoms with Crippen LogP contribution in [-0.4, -0.2) is 55.0 Å². The Labute approximate surface area is 126 Å². The molecule has 0 bridgehead atoms. The van der Waals surface area contributed by atoms with Crippen LogP contribution in [0.5, 0.6) is 0 Å². The van der Waals surface area contributed by atoms with Gasteiger partial charge in [0.1, 0.15) is 24.8 Å². The average Bonchev–Trinajstić information content (AvgIpc) is 2.37. The molecule has 0 saturated carbocycles. The van der Waals surface area contributed by atoms with Gasteiger partial charge in [0.2, 0.25) is 5.91 Å². The minimum Gasteiger partial charge on any atom is -0.468 e. The number of hydrogen-bond donors (Lipinski definition) is 2. The van der Waals surface area contributed by atoms with Crippen LogP contribution in [0.3, 0.4) is 0 Å². The molecule has 0 aliphatic carbocycles. The standard InChI is InChI=1S/C11H19N3O8/c1-11(2,3)22-10(17)13-7(6-21-14(18)19)9(16)12-5-8(15)20-4/h7H,5-6H2,1-4H3,(H,12,16)(H,13,17)/t7-/m0/s1. The molecule has 126 valence electrons. The molecule has 0 radical (unpaired) electrons. The van der Waals surface area contributed by atoms with Crippen LogP contribution in [0.2, 0.25) is 0 Å². The Kier molecular flexibility index (Phi) is 7.63. The van der Waals surface area contributed by atoms with E-state index in [1.165, 1.54) is 0 Å². The topological polar surface area (TPSA) is 146 Å². The Morgan fingerprint density at radius 2 is 1.86 bits per heavy atom. The SMILES string of the molecule is COC(=O)CNC(=O)[C@H](CO[N+](=O)[O-])NC(=O)OC(C)(C)C. The van der Waals surface area contributed by atoms with Crippen molar-refractivity contribution in [3.05, 3.63) is 10.1 Å². The number of alkyl carbamates (subject to hydrolysis) is 1. The van der Waals surface area contributed by atoms with Gasteiger partial charge >= 0.3 is 12.1 Å². The van der Waals surface area contributed by atoms with Crippen LogP contribution >= 0.6 is 0 Å². The Hall–Kier alpha value is -2.59. The minimum atomic E-state index is -1.41. The van der Waals surface area contributed by atoms with Crippen molar-refractivity contribution in [3.8, 4) is 0 Å². The lowest BCUT2D eigenvalue weighted by atomic mass is 10.2. The predicted octanol–water partition coefficient (Wildman–Crippen LogP) is -0.623. The van der Waals surface area contributed by atoms with Crippen LogP contribution in [0.4, 0.5) is 4.79 Å². The van der Waals surface area contributed by atoms with Crippen LogP contribution in [0.1, 0.15) is 20.8 Å². The highest BCUT2D eigenvalue weighted by atomic mass is 16.9. The average molecular weight is 321 g/mol. The van der Waals surface area contributed by atoms with Crippen LogP contribution in [0.15, 0.2) is 0 Å². The molecule has 0 unspecified atom stereocenters. The Balaban J connectivity index is 4.66. The second-order valence-corrected chi connectivity index (χ2v) is 5.01. The maximum absolute atomic E-state index is 11.8. The lowest BCUT2D eigenvalue weighted by molar-refractivity contribution is -0.757. The summed E-state index contributed by atoms with van der Waals surface area (Å²) >= 11 is 0. The summed E-state index contributed by atoms with van der Waals surface area (Å²) in [6, 6.07) is -1.41. The molecule has 0 heterocycles. The lowest BCUT2D eigenvalue weighted by Crippen LogP contribution is -2.51. The number of carbonyl (C=O) groups excluding carboxylic acids is 3. The van der Waals surface area contributed by atoms with Crippen molar-refractivity contribution in [2.75, 3.05) is 20.3 Å². The highest BCUT2D eigenvalue weighted by molar-refractivity contribution is 5.88. The molecule has 2 amide bonds. The Bertz CT molecular complexity index is 432. The third kappa shape index (κ3) is 9.34. The molecule has 0 spiro atoms. The van der Waals surface area contributed by atoms with E-state index >= 15 is 0 Å². The summed E-state index contributed by atoms with van der Waals surface area (Å²) in [6.07, 6.45) is -0.960. The lowest BCUT2D eigenvalue weighted by Gasteiger charge is -2.22. The van der Waals surface area contributed by atoms with E-state index in [0.29, 0.717) is 0 Å². The second kappa shape index (κ2) is 8.64. The monoisotopic (exact) mass is 321 g/mol. The number of ether oxygens (including phenoxy) is 2. The highest BCUT2D eigenvalue weighted by Gasteiger charge is 2.25. The van der Waals surface area contributed by atoms with E-state index in [1.807, 2.05) is 0 Å². The number of esters is 1. The molecule has 0 saturated heterocycles. The molecular weight excluding hydrogens is 302 g/mol. The second-order valence-electron chi connectivity index (χ2n) is 5.01. The number of nitrogens with one attached hydrogen (secondary N) is 2. The summed E-state index contributed by atoms with van der Waals surface area (Å²) in [6.45, 7) is 3.62. The number of rotatable bonds is 7. The van der Waals surface area contributed by atoms with Gasteiger partial charge in [-0.15, -0.1) is 10.1 Å². The van der Waals surface area contributed by atoms with E-state index in [1.54, 1.807) is 20.8 Å². The van der Waals surface area contributed by atoms with Gasteiger partial charge in [-0.25, -0.2) is 4.79 Å². The van der Waals surface area contributed by atoms with Gasteiger partial charge < -0.3 is 24.9 Å². The first kappa shape index (κ1) is 19.4. The third-order valence-corrected chi connectivity index (χ3v) is 1.99. The summed E-state index contributed by atoms with van der Waals surface area (Å²) in [5.41, 5.74) is -0.818. The number of carbonyl (C=O) groups is 3. The number of amides is 2. The molecule has 0 aromatic heterocycles. The molecule has 0 aliphatic rings. The van der Waals surface area contributed by atoms with Gasteiger partial charge in [0.05, 0.1) is 7.11 Å². The van der Waals surface area contributed by atoms with Gasteiger partial charge in [-0.2, -0.15) is 0 Å². The van der Waals surface area contributed by atoms with Gasteiger partial charge in [0.15, 0.2) is 0 Å². The number of nitrogens with zero attached hydrogens (tertiary/aromatic N) is 1. The summed E-state index contributed by atoms with van der Waals surface area (Å²) in [7, 11) is 1.13. The third-order valence-electron chi connectivity index (χ3n) is 1.99. The first-order valence-electron chi connectivity index (χ1n) is 6.16. The molecule has 2 N–H and O–H groups in total. The predicted molar refractivity (Wildman–Crippen MR) is 71.1 cm³/mol. The molecule has 22 heavy (non-hydrogen) atoms. The van der Waals surface area contributed by atoms with Crippen LogP contribution in [0, 0.1) is 10.1 Å². The molecule has 0 aromatic rings. The molecular formula is C11H19N3O8. The number of hydrogen-bond acceptors (Lipinski definition) is 8. The van der Waals surface area contributed by atoms with Crippen LogP contribution in [0.25, 0.3) is 0 Å². The van der Waals surface area contributed by atoms with E-state index in [4.69, 9.17) is 4.74 Å². The van der Waals surface area contributed by atoms with Gasteiger partial charge in [0.25, 0.3) is 5.09 Å². The number of methoxy groups -OCH3 is 1. The molecule has 1 atom stereocenters. The van der Waals surface area contributed by atoms with Crippen molar-refractivity contribution in [2.45, 2.75) is 32.4 Å². The quantitative estimate of drug-likeness (QED) is 0.358. The van der Waals surface area contributed by atoms with Crippen molar-refractivity contribution in [3.63, 3.8) is 0 Å². The Morgan fingerprint density at radius 1 is 1.27 bits per heavy atom. The molecule has 11 heteroatoms. The zero-order valence-corrected chi connectivity index (χ0v) is 12.7. The van der Waals surface area contributed by atoms with Gasteiger partial charge in [-0.1, -0.05) is 0 Å². The summed E-state index contributed by atoms with van der Waals surface area (Å²) < 4.78 is 9.25. The van der Waals surface area contributed by atoms with Crippen molar-refractivity contribution in [2.24, 2.45) is 0 Å². The van der Waals surface area contributed by atoms with Crippen molar-refractivity contribution in [1.82, 2.24) is 10.6 Å². The normalized spacial score (nSPS) is 11.8. The van der Waals surface area contributed by atoms with Crippen LogP contribution < -0.4 is 10.6 Å². The molecule has 0 aliphatic heterocycles. The van der Waals surface area contributed by atoms with E-state index in [2.05, 4.69) is 20.2 Å². The first-order valence-corrected chi connectivity index (χ1v) is 6.16. The van der Waals surface area contributed by atoms with Crippen molar-refractivity contribution in [1.29, 1.82) is 0 Å². The maximum Gasteiger partial charge on any atom is 0.408 e. The molecule has 0 fully saturated rings. The molecule has 0 rings (SSSR count). The van der Waals surface area contributed by atoms with Gasteiger partial charge in [-0.05, 0) is 20.8 Å². The minimum absolute atomic E-state index is 0.458. The van der Waals surface area contributed by atoms with E-state index in [9.17, 15) is 24.5 Å². The molecule has 0 aromatic carbocycles. The summed E-state index contributed by atoms with van der Waals surface area (Å²) in [5.74, 6) is -1.59. The zero-order valence-electron chi connectivity index (χ0n) is 12.7. The van der Waals surface area contributed by atoms with Crippen molar-refractivity contribution >= 4 is 18.0 Å². The van der Waals surface area contributed by atoms with E-state index in [0.717, 1.165) is 7.11 Å². The van der Waals surface area contributed by atoms with E-state index in [-0.39, 0.29) is 0 Å². The highest BCUT2D eigenvalue weighted by Crippen LogP contribution is 2.06. The van der Waals surface area contributed by atoms with Gasteiger partial charge in [0, 0.05) is 0 Å². The van der Waals surface area contributed by atoms with Gasteiger partial charge in [-0.3, -0.25) is 9.59 Å². The zero-order chi connectivity index (χ0) is 17.3. The fourth-order valence-electron chi connectivity index (χ4n) is 1.12.